The Kier molecular flexibility index (Phi) is 7.03. The molecule has 0 saturated carbocycles. The van der Waals surface area contributed by atoms with Crippen LogP contribution in [0.3, 0.4) is 0 Å². The number of anilines is 1. The Morgan fingerprint density at radius 3 is 2.89 bits per heavy atom. The summed E-state index contributed by atoms with van der Waals surface area (Å²) < 4.78 is 1.85. The quantitative estimate of drug-likeness (QED) is 0.475. The highest BCUT2D eigenvalue weighted by Gasteiger charge is 2.23. The number of thiazole rings is 1. The zero-order chi connectivity index (χ0) is 19.2. The van der Waals surface area contributed by atoms with Crippen LogP contribution in [0.25, 0.3) is 0 Å². The normalized spacial score (nSPS) is 13.1. The van der Waals surface area contributed by atoms with E-state index in [0.717, 1.165) is 50.2 Å². The van der Waals surface area contributed by atoms with E-state index >= 15 is 0 Å². The molecule has 0 saturated heterocycles. The highest BCUT2D eigenvalue weighted by atomic mass is 32.2. The Bertz CT molecular complexity index is 831. The van der Waals surface area contributed by atoms with Crippen molar-refractivity contribution >= 4 is 34.1 Å². The number of carbonyl (C=O) groups is 1. The fourth-order valence-corrected chi connectivity index (χ4v) is 4.81. The summed E-state index contributed by atoms with van der Waals surface area (Å²) in [6.07, 6.45) is 4.54. The maximum absolute atomic E-state index is 12.6. The summed E-state index contributed by atoms with van der Waals surface area (Å²) >= 11 is 2.73. The highest BCUT2D eigenvalue weighted by Crippen LogP contribution is 2.29. The molecular formula is C18H26N5O2S2+. The fraction of sp³-hybridized carbons (Fsp3) is 0.556. The molecule has 7 nitrogen and oxygen atoms in total. The molecule has 2 aromatic heterocycles. The molecule has 0 atom stereocenters. The molecule has 3 rings (SSSR count). The summed E-state index contributed by atoms with van der Waals surface area (Å²) in [5, 5.41) is 5.89. The Morgan fingerprint density at radius 1 is 1.37 bits per heavy atom. The average Bonchev–Trinajstić information content (AvgIpc) is 3.34. The first-order chi connectivity index (χ1) is 13.1. The molecule has 146 valence electrons. The van der Waals surface area contributed by atoms with Crippen LogP contribution in [0, 0.1) is 0 Å². The second-order valence-electron chi connectivity index (χ2n) is 6.51. The lowest BCUT2D eigenvalue weighted by molar-refractivity contribution is -0.897. The predicted molar refractivity (Wildman–Crippen MR) is 109 cm³/mol. The van der Waals surface area contributed by atoms with Gasteiger partial charge in [0.2, 0.25) is 5.91 Å². The van der Waals surface area contributed by atoms with Crippen LogP contribution in [0.1, 0.15) is 31.5 Å². The first-order valence-electron chi connectivity index (χ1n) is 9.40. The fourth-order valence-electron chi connectivity index (χ4n) is 3.38. The molecule has 2 N–H and O–H groups in total. The Labute approximate surface area is 167 Å². The SMILES string of the molecule is CC[NH+](CC)CCn1c2c(c(SCC(=O)Nc3nccs3)nc1=O)CCC2. The van der Waals surface area contributed by atoms with Crippen LogP contribution in [-0.2, 0) is 24.2 Å². The lowest BCUT2D eigenvalue weighted by atomic mass is 10.2. The number of quaternary nitrogens is 1. The number of hydrogen-bond acceptors (Lipinski definition) is 6. The van der Waals surface area contributed by atoms with E-state index in [-0.39, 0.29) is 17.3 Å². The van der Waals surface area contributed by atoms with E-state index in [4.69, 9.17) is 0 Å². The van der Waals surface area contributed by atoms with Crippen molar-refractivity contribution in [1.29, 1.82) is 0 Å². The number of hydrogen-bond donors (Lipinski definition) is 2. The van der Waals surface area contributed by atoms with Crippen molar-refractivity contribution in [3.63, 3.8) is 0 Å². The predicted octanol–water partition coefficient (Wildman–Crippen LogP) is 0.844. The maximum atomic E-state index is 12.6. The van der Waals surface area contributed by atoms with Gasteiger partial charge in [0, 0.05) is 22.8 Å². The van der Waals surface area contributed by atoms with E-state index in [9.17, 15) is 9.59 Å². The highest BCUT2D eigenvalue weighted by molar-refractivity contribution is 8.00. The lowest BCUT2D eigenvalue weighted by Gasteiger charge is -2.18. The smallest absolute Gasteiger partial charge is 0.334 e. The van der Waals surface area contributed by atoms with Crippen molar-refractivity contribution in [3.05, 3.63) is 33.3 Å². The molecular weight excluding hydrogens is 382 g/mol. The third kappa shape index (κ3) is 4.97. The lowest BCUT2D eigenvalue weighted by Crippen LogP contribution is -3.11. The summed E-state index contributed by atoms with van der Waals surface area (Å²) in [6, 6.07) is 0. The zero-order valence-corrected chi connectivity index (χ0v) is 17.4. The van der Waals surface area contributed by atoms with E-state index in [2.05, 4.69) is 29.1 Å². The van der Waals surface area contributed by atoms with Crippen LogP contribution >= 0.6 is 23.1 Å². The van der Waals surface area contributed by atoms with Gasteiger partial charge in [-0.1, -0.05) is 11.8 Å². The van der Waals surface area contributed by atoms with Gasteiger partial charge in [-0.3, -0.25) is 9.36 Å². The molecule has 27 heavy (non-hydrogen) atoms. The van der Waals surface area contributed by atoms with E-state index in [0.29, 0.717) is 16.7 Å². The summed E-state index contributed by atoms with van der Waals surface area (Å²) in [4.78, 5) is 34.5. The molecule has 0 fully saturated rings. The second-order valence-corrected chi connectivity index (χ2v) is 8.37. The molecule has 0 aromatic carbocycles. The molecule has 0 unspecified atom stereocenters. The van der Waals surface area contributed by atoms with Gasteiger partial charge < -0.3 is 10.2 Å². The molecule has 0 radical (unpaired) electrons. The van der Waals surface area contributed by atoms with E-state index < -0.39 is 0 Å². The van der Waals surface area contributed by atoms with E-state index in [1.165, 1.54) is 28.0 Å². The van der Waals surface area contributed by atoms with Crippen LogP contribution < -0.4 is 15.9 Å². The number of rotatable bonds is 9. The molecule has 1 aliphatic carbocycles. The summed E-state index contributed by atoms with van der Waals surface area (Å²) in [6.45, 7) is 8.10. The van der Waals surface area contributed by atoms with Gasteiger partial charge in [0.05, 0.1) is 31.9 Å². The third-order valence-corrected chi connectivity index (χ3v) is 6.61. The van der Waals surface area contributed by atoms with Crippen LogP contribution in [0.5, 0.6) is 0 Å². The number of nitrogens with one attached hydrogen (secondary N) is 2. The average molecular weight is 409 g/mol. The molecule has 2 heterocycles. The minimum absolute atomic E-state index is 0.127. The molecule has 9 heteroatoms. The van der Waals surface area contributed by atoms with Gasteiger partial charge in [-0.15, -0.1) is 11.3 Å². The second kappa shape index (κ2) is 9.48. The molecule has 1 aliphatic rings. The van der Waals surface area contributed by atoms with Gasteiger partial charge in [-0.2, -0.15) is 4.98 Å². The molecule has 1 amide bonds. The summed E-state index contributed by atoms with van der Waals surface area (Å²) in [5.41, 5.74) is 2.07. The van der Waals surface area contributed by atoms with Crippen molar-refractivity contribution in [1.82, 2.24) is 14.5 Å². The minimum Gasteiger partial charge on any atom is -0.334 e. The number of amides is 1. The number of thioether (sulfide) groups is 1. The Balaban J connectivity index is 1.70. The number of aromatic nitrogens is 3. The van der Waals surface area contributed by atoms with Crippen molar-refractivity contribution in [2.75, 3.05) is 30.7 Å². The number of fused-ring (bicyclic) bond motifs is 1. The molecule has 0 bridgehead atoms. The van der Waals surface area contributed by atoms with E-state index in [1.807, 2.05) is 9.95 Å². The van der Waals surface area contributed by atoms with Crippen LogP contribution in [0.2, 0.25) is 0 Å². The third-order valence-electron chi connectivity index (χ3n) is 4.91. The maximum Gasteiger partial charge on any atom is 0.349 e. The monoisotopic (exact) mass is 408 g/mol. The zero-order valence-electron chi connectivity index (χ0n) is 15.8. The van der Waals surface area contributed by atoms with Gasteiger partial charge in [-0.25, -0.2) is 9.78 Å². The van der Waals surface area contributed by atoms with Gasteiger partial charge in [0.25, 0.3) is 0 Å². The first kappa shape index (κ1) is 20.0. The van der Waals surface area contributed by atoms with Crippen molar-refractivity contribution in [2.24, 2.45) is 0 Å². The van der Waals surface area contributed by atoms with Crippen molar-refractivity contribution < 1.29 is 9.69 Å². The summed E-state index contributed by atoms with van der Waals surface area (Å²) in [5.74, 6) is 0.101. The standard InChI is InChI=1S/C18H25N5O2S2/c1-3-22(4-2)9-10-23-14-7-5-6-13(14)16(21-18(23)25)27-12-15(24)20-17-19-8-11-26-17/h8,11H,3-7,9-10,12H2,1-2H3,(H,19,20,24)/p+1. The van der Waals surface area contributed by atoms with Crippen molar-refractivity contribution in [2.45, 2.75) is 44.7 Å². The van der Waals surface area contributed by atoms with Crippen LogP contribution in [0.4, 0.5) is 5.13 Å². The van der Waals surface area contributed by atoms with Crippen LogP contribution in [-0.4, -0.2) is 45.8 Å². The molecule has 2 aromatic rings. The summed E-state index contributed by atoms with van der Waals surface area (Å²) in [7, 11) is 0. The largest absolute Gasteiger partial charge is 0.349 e. The topological polar surface area (TPSA) is 81.3 Å². The Hall–Kier alpha value is -1.71. The van der Waals surface area contributed by atoms with Gasteiger partial charge in [0.15, 0.2) is 5.13 Å². The van der Waals surface area contributed by atoms with Gasteiger partial charge in [-0.05, 0) is 33.1 Å². The van der Waals surface area contributed by atoms with Crippen LogP contribution in [0.15, 0.2) is 21.4 Å². The van der Waals surface area contributed by atoms with Gasteiger partial charge in [0.1, 0.15) is 5.03 Å². The number of nitrogens with zero attached hydrogens (tertiary/aromatic N) is 3. The molecule has 0 aliphatic heterocycles. The number of carbonyl (C=O) groups excluding carboxylic acids is 1. The first-order valence-corrected chi connectivity index (χ1v) is 11.3. The minimum atomic E-state index is -0.190. The van der Waals surface area contributed by atoms with E-state index in [1.54, 1.807) is 6.20 Å². The Morgan fingerprint density at radius 2 is 2.19 bits per heavy atom. The number of likely N-dealkylation sites (N-methyl/N-ethyl adjacent to an activating group) is 1. The van der Waals surface area contributed by atoms with Crippen molar-refractivity contribution in [3.8, 4) is 0 Å². The molecule has 0 spiro atoms. The van der Waals surface area contributed by atoms with Gasteiger partial charge >= 0.3 is 5.69 Å².